The van der Waals surface area contributed by atoms with Crippen molar-refractivity contribution in [2.75, 3.05) is 13.1 Å². The van der Waals surface area contributed by atoms with Crippen LogP contribution in [0.15, 0.2) is 52.0 Å². The lowest BCUT2D eigenvalue weighted by Crippen LogP contribution is -2.46. The van der Waals surface area contributed by atoms with Crippen molar-refractivity contribution in [3.8, 4) is 0 Å². The van der Waals surface area contributed by atoms with Crippen molar-refractivity contribution < 1.29 is 22.6 Å². The van der Waals surface area contributed by atoms with E-state index in [1.54, 1.807) is 17.0 Å². The fourth-order valence-electron chi connectivity index (χ4n) is 2.87. The quantitative estimate of drug-likeness (QED) is 0.624. The highest BCUT2D eigenvalue weighted by molar-refractivity contribution is 7.89. The molecule has 138 valence electrons. The molecule has 1 aromatic heterocycles. The fourth-order valence-corrected chi connectivity index (χ4v) is 4.35. The summed E-state index contributed by atoms with van der Waals surface area (Å²) in [5, 5.41) is 11.1. The number of sulfonamides is 1. The first kappa shape index (κ1) is 18.1. The number of hydrogen-bond donors (Lipinski definition) is 1. The van der Waals surface area contributed by atoms with Crippen molar-refractivity contribution in [1.29, 1.82) is 0 Å². The third kappa shape index (κ3) is 3.75. The molecule has 26 heavy (non-hydrogen) atoms. The number of nitro benzene ring substituents is 1. The molecular formula is C16H17N3O6S. The third-order valence-electron chi connectivity index (χ3n) is 4.19. The number of carbonyl (C=O) groups excluding carboxylic acids is 1. The van der Waals surface area contributed by atoms with Crippen LogP contribution in [0.4, 0.5) is 5.69 Å². The van der Waals surface area contributed by atoms with E-state index in [0.717, 1.165) is 6.07 Å². The Bertz CT molecular complexity index is 902. The van der Waals surface area contributed by atoms with Crippen molar-refractivity contribution >= 4 is 21.6 Å². The summed E-state index contributed by atoms with van der Waals surface area (Å²) in [6.07, 6.45) is 2.24. The number of nitrogens with one attached hydrogen (secondary N) is 1. The van der Waals surface area contributed by atoms with Crippen LogP contribution in [0.2, 0.25) is 0 Å². The highest BCUT2D eigenvalue weighted by Gasteiger charge is 2.31. The van der Waals surface area contributed by atoms with E-state index < -0.39 is 26.7 Å². The highest BCUT2D eigenvalue weighted by atomic mass is 32.2. The molecule has 0 aliphatic carbocycles. The number of para-hydroxylation sites is 1. The first-order valence-electron chi connectivity index (χ1n) is 7.97. The van der Waals surface area contributed by atoms with Crippen LogP contribution < -0.4 is 4.72 Å². The lowest BCUT2D eigenvalue weighted by atomic mass is 10.1. The number of likely N-dealkylation sites (tertiary alicyclic amines) is 1. The number of furan rings is 1. The van der Waals surface area contributed by atoms with Gasteiger partial charge in [-0.3, -0.25) is 14.9 Å². The Hall–Kier alpha value is -2.72. The fraction of sp³-hybridized carbons (Fsp3) is 0.312. The summed E-state index contributed by atoms with van der Waals surface area (Å²) in [6, 6.07) is 8.00. The lowest BCUT2D eigenvalue weighted by Gasteiger charge is -2.31. The second-order valence-electron chi connectivity index (χ2n) is 5.89. The van der Waals surface area contributed by atoms with Crippen LogP contribution in [0, 0.1) is 10.1 Å². The zero-order valence-electron chi connectivity index (χ0n) is 13.7. The number of amides is 1. The van der Waals surface area contributed by atoms with Crippen LogP contribution in [0.1, 0.15) is 23.4 Å². The van der Waals surface area contributed by atoms with Crippen molar-refractivity contribution in [2.45, 2.75) is 23.8 Å². The van der Waals surface area contributed by atoms with E-state index in [9.17, 15) is 23.3 Å². The zero-order chi connectivity index (χ0) is 18.7. The molecule has 0 spiro atoms. The normalized spacial score (nSPS) is 15.8. The molecule has 1 saturated heterocycles. The molecule has 10 heteroatoms. The number of benzene rings is 1. The van der Waals surface area contributed by atoms with Crippen LogP contribution in [-0.4, -0.2) is 43.3 Å². The Morgan fingerprint density at radius 3 is 2.50 bits per heavy atom. The molecule has 1 fully saturated rings. The van der Waals surface area contributed by atoms with E-state index in [4.69, 9.17) is 4.42 Å². The van der Waals surface area contributed by atoms with E-state index >= 15 is 0 Å². The second kappa shape index (κ2) is 7.26. The monoisotopic (exact) mass is 379 g/mol. The van der Waals surface area contributed by atoms with Gasteiger partial charge in [0.05, 0.1) is 11.2 Å². The number of piperidine rings is 1. The zero-order valence-corrected chi connectivity index (χ0v) is 14.5. The predicted molar refractivity (Wildman–Crippen MR) is 91.1 cm³/mol. The lowest BCUT2D eigenvalue weighted by molar-refractivity contribution is -0.387. The number of nitrogens with zero attached hydrogens (tertiary/aromatic N) is 2. The van der Waals surface area contributed by atoms with Crippen molar-refractivity contribution in [1.82, 2.24) is 9.62 Å². The maximum atomic E-state index is 12.5. The van der Waals surface area contributed by atoms with E-state index in [0.29, 0.717) is 25.9 Å². The van der Waals surface area contributed by atoms with E-state index in [-0.39, 0.29) is 16.6 Å². The predicted octanol–water partition coefficient (Wildman–Crippen LogP) is 1.77. The van der Waals surface area contributed by atoms with E-state index in [2.05, 4.69) is 4.72 Å². The van der Waals surface area contributed by atoms with Gasteiger partial charge < -0.3 is 9.32 Å². The number of hydrogen-bond acceptors (Lipinski definition) is 6. The van der Waals surface area contributed by atoms with Crippen LogP contribution in [0.25, 0.3) is 0 Å². The van der Waals surface area contributed by atoms with Crippen LogP contribution in [0.5, 0.6) is 0 Å². The molecule has 1 amide bonds. The molecule has 1 aromatic carbocycles. The van der Waals surface area contributed by atoms with Gasteiger partial charge in [-0.05, 0) is 31.0 Å². The van der Waals surface area contributed by atoms with Gasteiger partial charge in [0.25, 0.3) is 11.6 Å². The van der Waals surface area contributed by atoms with Gasteiger partial charge in [-0.2, -0.15) is 0 Å². The molecule has 2 heterocycles. The Labute approximate surface area is 149 Å². The molecule has 9 nitrogen and oxygen atoms in total. The van der Waals surface area contributed by atoms with Gasteiger partial charge in [0.2, 0.25) is 10.0 Å². The van der Waals surface area contributed by atoms with Gasteiger partial charge >= 0.3 is 0 Å². The largest absolute Gasteiger partial charge is 0.459 e. The molecular weight excluding hydrogens is 362 g/mol. The number of carbonyl (C=O) groups is 1. The number of rotatable bonds is 5. The Morgan fingerprint density at radius 1 is 1.19 bits per heavy atom. The Balaban J connectivity index is 1.66. The van der Waals surface area contributed by atoms with Crippen LogP contribution in [-0.2, 0) is 10.0 Å². The van der Waals surface area contributed by atoms with Crippen molar-refractivity contribution in [3.05, 3.63) is 58.5 Å². The van der Waals surface area contributed by atoms with E-state index in [1.807, 2.05) is 0 Å². The minimum absolute atomic E-state index is 0.240. The molecule has 1 N–H and O–H groups in total. The molecule has 1 aliphatic rings. The minimum Gasteiger partial charge on any atom is -0.459 e. The topological polar surface area (TPSA) is 123 Å². The molecule has 0 saturated carbocycles. The summed E-state index contributed by atoms with van der Waals surface area (Å²) in [5.74, 6) is -0.000976. The second-order valence-corrected chi connectivity index (χ2v) is 7.57. The molecule has 2 aromatic rings. The average molecular weight is 379 g/mol. The van der Waals surface area contributed by atoms with Gasteiger partial charge in [-0.25, -0.2) is 13.1 Å². The maximum absolute atomic E-state index is 12.5. The molecule has 1 aliphatic heterocycles. The van der Waals surface area contributed by atoms with Gasteiger partial charge in [-0.1, -0.05) is 12.1 Å². The molecule has 0 unspecified atom stereocenters. The van der Waals surface area contributed by atoms with Crippen LogP contribution >= 0.6 is 0 Å². The SMILES string of the molecule is O=C(c1ccco1)N1CCC(NS(=O)(=O)c2ccccc2[N+](=O)[O-])CC1. The molecule has 3 rings (SSSR count). The van der Waals surface area contributed by atoms with Crippen LogP contribution in [0.3, 0.4) is 0 Å². The van der Waals surface area contributed by atoms with Crippen molar-refractivity contribution in [3.63, 3.8) is 0 Å². The van der Waals surface area contributed by atoms with Gasteiger partial charge in [0.15, 0.2) is 10.7 Å². The van der Waals surface area contributed by atoms with Gasteiger partial charge in [0.1, 0.15) is 0 Å². The smallest absolute Gasteiger partial charge is 0.289 e. The number of nitro groups is 1. The molecule has 0 bridgehead atoms. The first-order chi connectivity index (χ1) is 12.4. The highest BCUT2D eigenvalue weighted by Crippen LogP contribution is 2.24. The van der Waals surface area contributed by atoms with Crippen molar-refractivity contribution in [2.24, 2.45) is 0 Å². The van der Waals surface area contributed by atoms with E-state index in [1.165, 1.54) is 24.5 Å². The average Bonchev–Trinajstić information content (AvgIpc) is 3.16. The minimum atomic E-state index is -4.03. The maximum Gasteiger partial charge on any atom is 0.289 e. The first-order valence-corrected chi connectivity index (χ1v) is 9.45. The Kier molecular flexibility index (Phi) is 5.05. The van der Waals surface area contributed by atoms with Gasteiger partial charge in [0, 0.05) is 25.2 Å². The summed E-state index contributed by atoms with van der Waals surface area (Å²) in [5.41, 5.74) is -0.467. The summed E-state index contributed by atoms with van der Waals surface area (Å²) in [6.45, 7) is 0.729. The third-order valence-corrected chi connectivity index (χ3v) is 5.76. The molecule has 0 atom stereocenters. The molecule has 0 radical (unpaired) electrons. The summed E-state index contributed by atoms with van der Waals surface area (Å²) in [4.78, 5) is 23.8. The summed E-state index contributed by atoms with van der Waals surface area (Å²) in [7, 11) is -4.03. The summed E-state index contributed by atoms with van der Waals surface area (Å²) >= 11 is 0. The standard InChI is InChI=1S/C16H17N3O6S/c20-16(14-5-3-11-25-14)18-9-7-12(8-10-18)17-26(23,24)15-6-2-1-4-13(15)19(21)22/h1-6,11-12,17H,7-10H2. The summed E-state index contributed by atoms with van der Waals surface area (Å²) < 4.78 is 32.6. The Morgan fingerprint density at radius 2 is 1.88 bits per heavy atom. The van der Waals surface area contributed by atoms with Gasteiger partial charge in [-0.15, -0.1) is 0 Å².